The fraction of sp³-hybridized carbons (Fsp3) is 0.571. The molecule has 1 rings (SSSR count). The van der Waals surface area contributed by atoms with Crippen LogP contribution >= 0.6 is 0 Å². The van der Waals surface area contributed by atoms with E-state index in [0.29, 0.717) is 19.0 Å². The molecule has 0 radical (unpaired) electrons. The fourth-order valence-electron chi connectivity index (χ4n) is 1.76. The molecule has 0 spiro atoms. The van der Waals surface area contributed by atoms with E-state index in [0.717, 1.165) is 16.7 Å². The fourth-order valence-corrected chi connectivity index (χ4v) is 1.76. The summed E-state index contributed by atoms with van der Waals surface area (Å²) >= 11 is 0. The van der Waals surface area contributed by atoms with Gasteiger partial charge >= 0.3 is 0 Å². The molecule has 0 bridgehead atoms. The molecule has 1 aromatic rings. The van der Waals surface area contributed by atoms with E-state index in [1.165, 1.54) is 0 Å². The van der Waals surface area contributed by atoms with Crippen molar-refractivity contribution < 1.29 is 14.9 Å². The third kappa shape index (κ3) is 3.72. The maximum absolute atomic E-state index is 10.0. The quantitative estimate of drug-likeness (QED) is 0.792. The Morgan fingerprint density at radius 3 is 2.41 bits per heavy atom. The molecular weight excluding hydrogens is 216 g/mol. The molecule has 0 fully saturated rings. The van der Waals surface area contributed by atoms with E-state index in [-0.39, 0.29) is 12.0 Å². The topological polar surface area (TPSA) is 49.7 Å². The number of hydrogen-bond acceptors (Lipinski definition) is 3. The summed E-state index contributed by atoms with van der Waals surface area (Å²) in [6, 6.07) is 3.89. The Morgan fingerprint density at radius 2 is 1.88 bits per heavy atom. The van der Waals surface area contributed by atoms with Gasteiger partial charge in [-0.05, 0) is 35.1 Å². The summed E-state index contributed by atoms with van der Waals surface area (Å²) in [4.78, 5) is 0. The molecule has 0 saturated carbocycles. The monoisotopic (exact) mass is 238 g/mol. The first-order valence-electron chi connectivity index (χ1n) is 5.88. The van der Waals surface area contributed by atoms with Crippen LogP contribution in [0.2, 0.25) is 0 Å². The van der Waals surface area contributed by atoms with Crippen molar-refractivity contribution in [1.82, 2.24) is 0 Å². The largest absolute Gasteiger partial charge is 0.507 e. The average molecular weight is 238 g/mol. The first-order valence-corrected chi connectivity index (χ1v) is 5.88. The van der Waals surface area contributed by atoms with Crippen LogP contribution in [0.3, 0.4) is 0 Å². The van der Waals surface area contributed by atoms with Crippen LogP contribution in [0.5, 0.6) is 5.75 Å². The van der Waals surface area contributed by atoms with Crippen molar-refractivity contribution in [1.29, 1.82) is 0 Å². The van der Waals surface area contributed by atoms with Gasteiger partial charge in [0.05, 0.1) is 19.8 Å². The van der Waals surface area contributed by atoms with Crippen LogP contribution in [0.4, 0.5) is 0 Å². The van der Waals surface area contributed by atoms with Gasteiger partial charge in [-0.3, -0.25) is 0 Å². The predicted molar refractivity (Wildman–Crippen MR) is 68.3 cm³/mol. The van der Waals surface area contributed by atoms with Crippen LogP contribution in [0.15, 0.2) is 12.1 Å². The van der Waals surface area contributed by atoms with Crippen molar-refractivity contribution in [2.45, 2.75) is 39.7 Å². The lowest BCUT2D eigenvalue weighted by Gasteiger charge is -2.22. The molecule has 0 atom stereocenters. The second-order valence-electron chi connectivity index (χ2n) is 5.34. The minimum atomic E-state index is -0.0954. The molecule has 3 heteroatoms. The van der Waals surface area contributed by atoms with Gasteiger partial charge in [-0.2, -0.15) is 0 Å². The van der Waals surface area contributed by atoms with Gasteiger partial charge in [0, 0.05) is 0 Å². The Hall–Kier alpha value is -1.06. The van der Waals surface area contributed by atoms with Gasteiger partial charge < -0.3 is 14.9 Å². The van der Waals surface area contributed by atoms with Gasteiger partial charge in [0.2, 0.25) is 0 Å². The molecule has 3 nitrogen and oxygen atoms in total. The summed E-state index contributed by atoms with van der Waals surface area (Å²) in [5.74, 6) is 0.364. The lowest BCUT2D eigenvalue weighted by Crippen LogP contribution is -2.13. The number of aliphatic hydroxyl groups excluding tert-OH is 1. The number of hydrogen-bond donors (Lipinski definition) is 2. The van der Waals surface area contributed by atoms with Crippen molar-refractivity contribution in [3.63, 3.8) is 0 Å². The van der Waals surface area contributed by atoms with Gasteiger partial charge in [0.1, 0.15) is 5.75 Å². The van der Waals surface area contributed by atoms with Crippen LogP contribution in [0.1, 0.15) is 37.5 Å². The predicted octanol–water partition coefficient (Wildman–Crippen LogP) is 2.51. The lowest BCUT2D eigenvalue weighted by atomic mass is 9.84. The van der Waals surface area contributed by atoms with E-state index in [9.17, 15) is 5.11 Å². The molecular formula is C14H22O3. The maximum Gasteiger partial charge on any atom is 0.122 e. The smallest absolute Gasteiger partial charge is 0.122 e. The Bertz CT molecular complexity index is 378. The van der Waals surface area contributed by atoms with Crippen LogP contribution in [0.25, 0.3) is 0 Å². The molecule has 0 aliphatic rings. The second-order valence-corrected chi connectivity index (χ2v) is 5.34. The molecule has 2 N–H and O–H groups in total. The second kappa shape index (κ2) is 5.52. The number of ether oxygens (including phenoxy) is 1. The molecule has 17 heavy (non-hydrogen) atoms. The molecule has 0 aliphatic carbocycles. The summed E-state index contributed by atoms with van der Waals surface area (Å²) < 4.78 is 5.30. The zero-order valence-electron chi connectivity index (χ0n) is 11.1. The first kappa shape index (κ1) is 14.0. The Kier molecular flexibility index (Phi) is 4.54. The summed E-state index contributed by atoms with van der Waals surface area (Å²) in [7, 11) is 0. The SMILES string of the molecule is Cc1cc(COCCO)cc(C(C)(C)C)c1O. The molecule has 0 unspecified atom stereocenters. The minimum Gasteiger partial charge on any atom is -0.507 e. The number of aryl methyl sites for hydroxylation is 1. The molecule has 0 amide bonds. The molecule has 0 aromatic heterocycles. The van der Waals surface area contributed by atoms with Crippen molar-refractivity contribution in [2.75, 3.05) is 13.2 Å². The summed E-state index contributed by atoms with van der Waals surface area (Å²) in [6.45, 7) is 8.93. The van der Waals surface area contributed by atoms with Crippen LogP contribution in [-0.2, 0) is 16.8 Å². The number of aliphatic hydroxyl groups is 1. The minimum absolute atomic E-state index is 0.0309. The van der Waals surface area contributed by atoms with Gasteiger partial charge in [-0.15, -0.1) is 0 Å². The van der Waals surface area contributed by atoms with Crippen LogP contribution in [0, 0.1) is 6.92 Å². The molecule has 1 aromatic carbocycles. The van der Waals surface area contributed by atoms with E-state index >= 15 is 0 Å². The van der Waals surface area contributed by atoms with Gasteiger partial charge in [0.25, 0.3) is 0 Å². The Labute approximate surface area is 103 Å². The Balaban J connectivity index is 2.98. The number of rotatable bonds is 4. The highest BCUT2D eigenvalue weighted by atomic mass is 16.5. The maximum atomic E-state index is 10.0. The summed E-state index contributed by atoms with van der Waals surface area (Å²) in [6.07, 6.45) is 0. The summed E-state index contributed by atoms with van der Waals surface area (Å²) in [5.41, 5.74) is 2.72. The first-order chi connectivity index (χ1) is 7.86. The number of benzene rings is 1. The number of aromatic hydroxyl groups is 1. The van der Waals surface area contributed by atoms with Crippen molar-refractivity contribution in [3.8, 4) is 5.75 Å². The number of phenols is 1. The van der Waals surface area contributed by atoms with Crippen molar-refractivity contribution in [3.05, 3.63) is 28.8 Å². The van der Waals surface area contributed by atoms with Gasteiger partial charge in [-0.1, -0.05) is 26.8 Å². The molecule has 96 valence electrons. The average Bonchev–Trinajstić information content (AvgIpc) is 2.21. The van der Waals surface area contributed by atoms with E-state index < -0.39 is 0 Å². The standard InChI is InChI=1S/C14H22O3/c1-10-7-11(9-17-6-5-15)8-12(13(10)16)14(2,3)4/h7-8,15-16H,5-6,9H2,1-4H3. The van der Waals surface area contributed by atoms with Crippen LogP contribution < -0.4 is 0 Å². The van der Waals surface area contributed by atoms with E-state index in [1.54, 1.807) is 0 Å². The zero-order chi connectivity index (χ0) is 13.1. The lowest BCUT2D eigenvalue weighted by molar-refractivity contribution is 0.0814. The third-order valence-corrected chi connectivity index (χ3v) is 2.67. The van der Waals surface area contributed by atoms with Crippen molar-refractivity contribution in [2.24, 2.45) is 0 Å². The normalized spacial score (nSPS) is 11.8. The zero-order valence-corrected chi connectivity index (χ0v) is 11.1. The van der Waals surface area contributed by atoms with Crippen molar-refractivity contribution >= 4 is 0 Å². The molecule has 0 heterocycles. The highest BCUT2D eigenvalue weighted by molar-refractivity contribution is 5.46. The highest BCUT2D eigenvalue weighted by Crippen LogP contribution is 2.34. The van der Waals surface area contributed by atoms with Gasteiger partial charge in [0.15, 0.2) is 0 Å². The van der Waals surface area contributed by atoms with Gasteiger partial charge in [-0.25, -0.2) is 0 Å². The van der Waals surface area contributed by atoms with Crippen LogP contribution in [-0.4, -0.2) is 23.4 Å². The van der Waals surface area contributed by atoms with E-state index in [4.69, 9.17) is 9.84 Å². The Morgan fingerprint density at radius 1 is 1.24 bits per heavy atom. The third-order valence-electron chi connectivity index (χ3n) is 2.67. The van der Waals surface area contributed by atoms with E-state index in [1.807, 2.05) is 19.1 Å². The van der Waals surface area contributed by atoms with E-state index in [2.05, 4.69) is 20.8 Å². The number of phenolic OH excluding ortho intramolecular Hbond substituents is 1. The highest BCUT2D eigenvalue weighted by Gasteiger charge is 2.20. The molecule has 0 aliphatic heterocycles. The molecule has 0 saturated heterocycles. The summed E-state index contributed by atoms with van der Waals surface area (Å²) in [5, 5.41) is 18.7.